The number of aryl methyl sites for hydroxylation is 1. The van der Waals surface area contributed by atoms with E-state index in [-0.39, 0.29) is 11.8 Å². The summed E-state index contributed by atoms with van der Waals surface area (Å²) in [5.41, 5.74) is 2.47. The molecule has 0 spiro atoms. The van der Waals surface area contributed by atoms with E-state index in [0.717, 1.165) is 12.2 Å². The van der Waals surface area contributed by atoms with Crippen LogP contribution in [0.5, 0.6) is 5.75 Å². The van der Waals surface area contributed by atoms with Crippen LogP contribution in [0, 0.1) is 6.92 Å². The molecule has 1 aromatic rings. The van der Waals surface area contributed by atoms with Crippen LogP contribution in [0.25, 0.3) is 0 Å². The Bertz CT molecular complexity index is 627. The van der Waals surface area contributed by atoms with Crippen LogP contribution >= 0.6 is 0 Å². The third kappa shape index (κ3) is 4.97. The van der Waals surface area contributed by atoms with Crippen molar-refractivity contribution in [2.75, 3.05) is 26.2 Å². The predicted molar refractivity (Wildman–Crippen MR) is 98.8 cm³/mol. The first-order valence-electron chi connectivity index (χ1n) is 9.11. The second-order valence-corrected chi connectivity index (χ2v) is 7.12. The van der Waals surface area contributed by atoms with Gasteiger partial charge >= 0.3 is 0 Å². The molecule has 1 saturated heterocycles. The summed E-state index contributed by atoms with van der Waals surface area (Å²) in [5.74, 6) is 1.24. The van der Waals surface area contributed by atoms with E-state index in [4.69, 9.17) is 4.74 Å². The number of amides is 2. The van der Waals surface area contributed by atoms with E-state index >= 15 is 0 Å². The molecule has 1 heterocycles. The summed E-state index contributed by atoms with van der Waals surface area (Å²) < 4.78 is 5.89. The number of rotatable bonds is 4. The number of ether oxygens (including phenoxy) is 1. The van der Waals surface area contributed by atoms with Gasteiger partial charge in [0.05, 0.1) is 0 Å². The fourth-order valence-electron chi connectivity index (χ4n) is 3.33. The van der Waals surface area contributed by atoms with Crippen molar-refractivity contribution < 1.29 is 14.3 Å². The quantitative estimate of drug-likeness (QED) is 0.842. The minimum Gasteiger partial charge on any atom is -0.481 e. The standard InChI is InChI=1S/C20H30N2O3/c1-14(2)19-8-7-18(13-15(19)3)25-16(4)20(24)22-10-6-9-21(11-12-22)17(5)23/h7-8,13-14,16H,6,9-12H2,1-5H3. The first kappa shape index (κ1) is 19.3. The molecule has 0 aliphatic carbocycles. The zero-order valence-electron chi connectivity index (χ0n) is 16.0. The second-order valence-electron chi connectivity index (χ2n) is 7.12. The molecule has 0 aromatic heterocycles. The smallest absolute Gasteiger partial charge is 0.263 e. The Kier molecular flexibility index (Phi) is 6.45. The van der Waals surface area contributed by atoms with E-state index < -0.39 is 6.10 Å². The third-order valence-electron chi connectivity index (χ3n) is 4.78. The van der Waals surface area contributed by atoms with Crippen LogP contribution in [-0.2, 0) is 9.59 Å². The summed E-state index contributed by atoms with van der Waals surface area (Å²) in [7, 11) is 0. The third-order valence-corrected chi connectivity index (χ3v) is 4.78. The van der Waals surface area contributed by atoms with Crippen molar-refractivity contribution in [3.05, 3.63) is 29.3 Å². The van der Waals surface area contributed by atoms with Crippen molar-refractivity contribution in [3.63, 3.8) is 0 Å². The number of hydrogen-bond donors (Lipinski definition) is 0. The highest BCUT2D eigenvalue weighted by Crippen LogP contribution is 2.24. The summed E-state index contributed by atoms with van der Waals surface area (Å²) in [6.07, 6.45) is 0.272. The summed E-state index contributed by atoms with van der Waals surface area (Å²) in [6.45, 7) is 12.3. The number of nitrogens with zero attached hydrogens (tertiary/aromatic N) is 2. The molecule has 0 N–H and O–H groups in total. The number of carbonyl (C=O) groups excluding carboxylic acids is 2. The van der Waals surface area contributed by atoms with Gasteiger partial charge in [0, 0.05) is 33.1 Å². The van der Waals surface area contributed by atoms with Crippen molar-refractivity contribution in [2.24, 2.45) is 0 Å². The Balaban J connectivity index is 1.98. The van der Waals surface area contributed by atoms with Gasteiger partial charge in [-0.15, -0.1) is 0 Å². The monoisotopic (exact) mass is 346 g/mol. The minimum absolute atomic E-state index is 0.0176. The zero-order valence-corrected chi connectivity index (χ0v) is 16.0. The molecule has 0 radical (unpaired) electrons. The number of hydrogen-bond acceptors (Lipinski definition) is 3. The first-order valence-corrected chi connectivity index (χ1v) is 9.11. The topological polar surface area (TPSA) is 49.9 Å². The molecular formula is C20H30N2O3. The Hall–Kier alpha value is -2.04. The van der Waals surface area contributed by atoms with E-state index in [1.807, 2.05) is 17.0 Å². The fraction of sp³-hybridized carbons (Fsp3) is 0.600. The molecule has 0 saturated carbocycles. The van der Waals surface area contributed by atoms with Gasteiger partial charge in [0.25, 0.3) is 5.91 Å². The Labute approximate surface area is 150 Å². The van der Waals surface area contributed by atoms with Gasteiger partial charge in [0.2, 0.25) is 5.91 Å². The molecule has 5 nitrogen and oxygen atoms in total. The maximum atomic E-state index is 12.7. The highest BCUT2D eigenvalue weighted by molar-refractivity contribution is 5.81. The van der Waals surface area contributed by atoms with Crippen molar-refractivity contribution in [1.82, 2.24) is 9.80 Å². The molecule has 1 fully saturated rings. The maximum absolute atomic E-state index is 12.7. The van der Waals surface area contributed by atoms with Gasteiger partial charge in [-0.25, -0.2) is 0 Å². The molecule has 1 unspecified atom stereocenters. The van der Waals surface area contributed by atoms with Crippen LogP contribution < -0.4 is 4.74 Å². The highest BCUT2D eigenvalue weighted by Gasteiger charge is 2.25. The molecule has 1 aromatic carbocycles. The van der Waals surface area contributed by atoms with Crippen LogP contribution in [0.1, 0.15) is 51.2 Å². The molecule has 25 heavy (non-hydrogen) atoms. The highest BCUT2D eigenvalue weighted by atomic mass is 16.5. The average molecular weight is 346 g/mol. The molecule has 1 atom stereocenters. The number of benzene rings is 1. The van der Waals surface area contributed by atoms with E-state index in [2.05, 4.69) is 26.8 Å². The maximum Gasteiger partial charge on any atom is 0.263 e. The second kappa shape index (κ2) is 8.37. The van der Waals surface area contributed by atoms with Crippen molar-refractivity contribution in [1.29, 1.82) is 0 Å². The van der Waals surface area contributed by atoms with Gasteiger partial charge < -0.3 is 14.5 Å². The van der Waals surface area contributed by atoms with E-state index in [1.165, 1.54) is 11.1 Å². The van der Waals surface area contributed by atoms with E-state index in [9.17, 15) is 9.59 Å². The minimum atomic E-state index is -0.534. The normalized spacial score (nSPS) is 16.6. The van der Waals surface area contributed by atoms with Crippen molar-refractivity contribution in [2.45, 2.75) is 53.1 Å². The van der Waals surface area contributed by atoms with Gasteiger partial charge in [0.1, 0.15) is 5.75 Å². The van der Waals surface area contributed by atoms with Crippen LogP contribution in [0.15, 0.2) is 18.2 Å². The lowest BCUT2D eigenvalue weighted by molar-refractivity contribution is -0.138. The summed E-state index contributed by atoms with van der Waals surface area (Å²) in [5, 5.41) is 0. The van der Waals surface area contributed by atoms with Crippen LogP contribution in [0.3, 0.4) is 0 Å². The first-order chi connectivity index (χ1) is 11.8. The Morgan fingerprint density at radius 3 is 2.28 bits per heavy atom. The largest absolute Gasteiger partial charge is 0.481 e. The summed E-state index contributed by atoms with van der Waals surface area (Å²) in [4.78, 5) is 27.8. The lowest BCUT2D eigenvalue weighted by Gasteiger charge is -2.25. The van der Waals surface area contributed by atoms with Gasteiger partial charge in [-0.1, -0.05) is 19.9 Å². The van der Waals surface area contributed by atoms with Crippen molar-refractivity contribution in [3.8, 4) is 5.75 Å². The molecule has 0 bridgehead atoms. The Morgan fingerprint density at radius 2 is 1.68 bits per heavy atom. The van der Waals surface area contributed by atoms with Gasteiger partial charge in [-0.2, -0.15) is 0 Å². The number of carbonyl (C=O) groups is 2. The van der Waals surface area contributed by atoms with Crippen LogP contribution in [0.4, 0.5) is 0 Å². The van der Waals surface area contributed by atoms with Crippen LogP contribution in [0.2, 0.25) is 0 Å². The SMILES string of the molecule is CC(=O)N1CCCN(C(=O)C(C)Oc2ccc(C(C)C)c(C)c2)CC1. The van der Waals surface area contributed by atoms with Crippen molar-refractivity contribution >= 4 is 11.8 Å². The average Bonchev–Trinajstić information content (AvgIpc) is 2.79. The lowest BCUT2D eigenvalue weighted by Crippen LogP contribution is -2.42. The van der Waals surface area contributed by atoms with Gasteiger partial charge in [0.15, 0.2) is 6.10 Å². The fourth-order valence-corrected chi connectivity index (χ4v) is 3.33. The lowest BCUT2D eigenvalue weighted by atomic mass is 9.98. The zero-order chi connectivity index (χ0) is 18.6. The molecule has 2 amide bonds. The summed E-state index contributed by atoms with van der Waals surface area (Å²) >= 11 is 0. The summed E-state index contributed by atoms with van der Waals surface area (Å²) in [6, 6.07) is 6.01. The molecule has 1 aliphatic rings. The predicted octanol–water partition coefficient (Wildman–Crippen LogP) is 2.97. The molecule has 2 rings (SSSR count). The van der Waals surface area contributed by atoms with E-state index in [1.54, 1.807) is 18.7 Å². The Morgan fingerprint density at radius 1 is 1.04 bits per heavy atom. The molecule has 5 heteroatoms. The van der Waals surface area contributed by atoms with Gasteiger partial charge in [-0.3, -0.25) is 9.59 Å². The van der Waals surface area contributed by atoms with Crippen LogP contribution in [-0.4, -0.2) is 53.9 Å². The molecule has 138 valence electrons. The molecule has 1 aliphatic heterocycles. The van der Waals surface area contributed by atoms with Gasteiger partial charge in [-0.05, 0) is 49.4 Å². The molecular weight excluding hydrogens is 316 g/mol. The van der Waals surface area contributed by atoms with E-state index in [0.29, 0.717) is 32.1 Å².